The number of nitrogens with one attached hydrogen (secondary N) is 1. The van der Waals surface area contributed by atoms with Crippen molar-refractivity contribution in [1.29, 1.82) is 0 Å². The maximum atomic E-state index is 12.1. The van der Waals surface area contributed by atoms with Gasteiger partial charge in [0.1, 0.15) is 0 Å². The van der Waals surface area contributed by atoms with E-state index in [9.17, 15) is 9.59 Å². The van der Waals surface area contributed by atoms with Crippen molar-refractivity contribution in [3.8, 4) is 0 Å². The molecule has 1 aromatic carbocycles. The summed E-state index contributed by atoms with van der Waals surface area (Å²) in [7, 11) is 0. The van der Waals surface area contributed by atoms with Crippen LogP contribution in [0.3, 0.4) is 0 Å². The van der Waals surface area contributed by atoms with E-state index >= 15 is 0 Å². The molecule has 0 aliphatic rings. The molecule has 5 heteroatoms. The number of rotatable bonds is 3. The molecule has 1 amide bonds. The molecular weight excluding hydrogens is 274 g/mol. The van der Waals surface area contributed by atoms with Crippen LogP contribution in [0, 0.1) is 20.8 Å². The first-order valence-electron chi connectivity index (χ1n) is 6.11. The van der Waals surface area contributed by atoms with Crippen molar-refractivity contribution in [2.45, 2.75) is 20.8 Å². The Morgan fingerprint density at radius 2 is 1.80 bits per heavy atom. The second kappa shape index (κ2) is 5.46. The summed E-state index contributed by atoms with van der Waals surface area (Å²) >= 11 is 1.45. The second-order valence-electron chi connectivity index (χ2n) is 4.64. The smallest absolute Gasteiger partial charge is 0.335 e. The summed E-state index contributed by atoms with van der Waals surface area (Å²) in [4.78, 5) is 24.8. The van der Waals surface area contributed by atoms with Gasteiger partial charge < -0.3 is 10.4 Å². The second-order valence-corrected chi connectivity index (χ2v) is 5.90. The standard InChI is InChI=1S/C15H15NO3S/c1-8-7-13(20-10(8)3)14(17)16-12-5-4-11(15(18)19)6-9(12)2/h4-7H,1-3H3,(H,16,17)(H,18,19). The van der Waals surface area contributed by atoms with E-state index in [1.807, 2.05) is 19.9 Å². The number of carboxylic acids is 1. The molecule has 0 aliphatic heterocycles. The minimum atomic E-state index is -0.976. The first kappa shape index (κ1) is 14.3. The average molecular weight is 289 g/mol. The van der Waals surface area contributed by atoms with Gasteiger partial charge in [-0.3, -0.25) is 4.79 Å². The lowest BCUT2D eigenvalue weighted by Crippen LogP contribution is -2.11. The van der Waals surface area contributed by atoms with Crippen molar-refractivity contribution in [1.82, 2.24) is 0 Å². The fourth-order valence-corrected chi connectivity index (χ4v) is 2.74. The minimum absolute atomic E-state index is 0.169. The van der Waals surface area contributed by atoms with E-state index in [2.05, 4.69) is 5.32 Å². The molecule has 104 valence electrons. The number of carbonyl (C=O) groups excluding carboxylic acids is 1. The SMILES string of the molecule is Cc1cc(C(=O)O)ccc1NC(=O)c1cc(C)c(C)s1. The van der Waals surface area contributed by atoms with E-state index < -0.39 is 5.97 Å². The van der Waals surface area contributed by atoms with E-state index in [1.54, 1.807) is 19.1 Å². The third-order valence-corrected chi connectivity index (χ3v) is 4.26. The average Bonchev–Trinajstić information content (AvgIpc) is 2.72. The monoisotopic (exact) mass is 289 g/mol. The quantitative estimate of drug-likeness (QED) is 0.906. The van der Waals surface area contributed by atoms with Crippen molar-refractivity contribution in [3.63, 3.8) is 0 Å². The Labute approximate surface area is 121 Å². The molecule has 0 saturated carbocycles. The molecule has 0 bridgehead atoms. The number of carboxylic acid groups (broad SMARTS) is 1. The van der Waals surface area contributed by atoms with Gasteiger partial charge in [0, 0.05) is 10.6 Å². The maximum Gasteiger partial charge on any atom is 0.335 e. The number of hydrogen-bond donors (Lipinski definition) is 2. The molecule has 0 fully saturated rings. The predicted octanol–water partition coefficient (Wildman–Crippen LogP) is 3.62. The van der Waals surface area contributed by atoms with Crippen LogP contribution in [-0.2, 0) is 0 Å². The minimum Gasteiger partial charge on any atom is -0.478 e. The number of aryl methyl sites for hydroxylation is 3. The van der Waals surface area contributed by atoms with Gasteiger partial charge in [0.05, 0.1) is 10.4 Å². The van der Waals surface area contributed by atoms with Crippen LogP contribution in [0.2, 0.25) is 0 Å². The van der Waals surface area contributed by atoms with E-state index in [0.717, 1.165) is 16.0 Å². The highest BCUT2D eigenvalue weighted by atomic mass is 32.1. The van der Waals surface area contributed by atoms with Crippen LogP contribution in [-0.4, -0.2) is 17.0 Å². The Morgan fingerprint density at radius 1 is 1.10 bits per heavy atom. The summed E-state index contributed by atoms with van der Waals surface area (Å²) < 4.78 is 0. The number of amides is 1. The van der Waals surface area contributed by atoms with E-state index in [1.165, 1.54) is 17.4 Å². The molecule has 1 heterocycles. The van der Waals surface area contributed by atoms with Gasteiger partial charge in [0.2, 0.25) is 0 Å². The van der Waals surface area contributed by atoms with Crippen LogP contribution in [0.4, 0.5) is 5.69 Å². The first-order valence-corrected chi connectivity index (χ1v) is 6.92. The molecule has 4 nitrogen and oxygen atoms in total. The normalized spacial score (nSPS) is 10.3. The number of hydrogen-bond acceptors (Lipinski definition) is 3. The first-order chi connectivity index (χ1) is 9.38. The van der Waals surface area contributed by atoms with Crippen molar-refractivity contribution >= 4 is 28.9 Å². The van der Waals surface area contributed by atoms with E-state index in [-0.39, 0.29) is 11.5 Å². The van der Waals surface area contributed by atoms with Crippen molar-refractivity contribution in [2.24, 2.45) is 0 Å². The molecular formula is C15H15NO3S. The Bertz CT molecular complexity index is 669. The lowest BCUT2D eigenvalue weighted by Gasteiger charge is -2.08. The third-order valence-electron chi connectivity index (χ3n) is 3.11. The molecule has 2 aromatic rings. The zero-order chi connectivity index (χ0) is 14.9. The van der Waals surface area contributed by atoms with E-state index in [4.69, 9.17) is 5.11 Å². The number of benzene rings is 1. The Balaban J connectivity index is 2.21. The van der Waals surface area contributed by atoms with Gasteiger partial charge >= 0.3 is 5.97 Å². The summed E-state index contributed by atoms with van der Waals surface area (Å²) in [6.45, 7) is 5.71. The Kier molecular flexibility index (Phi) is 3.90. The van der Waals surface area contributed by atoms with Crippen molar-refractivity contribution in [3.05, 3.63) is 50.7 Å². The highest BCUT2D eigenvalue weighted by Gasteiger charge is 2.12. The van der Waals surface area contributed by atoms with Gasteiger partial charge in [-0.25, -0.2) is 4.79 Å². The third kappa shape index (κ3) is 2.88. The highest BCUT2D eigenvalue weighted by Crippen LogP contribution is 2.23. The zero-order valence-electron chi connectivity index (χ0n) is 11.5. The van der Waals surface area contributed by atoms with Crippen LogP contribution in [0.25, 0.3) is 0 Å². The van der Waals surface area contributed by atoms with Crippen LogP contribution in [0.1, 0.15) is 36.0 Å². The van der Waals surface area contributed by atoms with Crippen molar-refractivity contribution in [2.75, 3.05) is 5.32 Å². The number of thiophene rings is 1. The van der Waals surface area contributed by atoms with Crippen LogP contribution < -0.4 is 5.32 Å². The number of aromatic carboxylic acids is 1. The number of anilines is 1. The summed E-state index contributed by atoms with van der Waals surface area (Å²) in [5.41, 5.74) is 2.66. The molecule has 2 rings (SSSR count). The topological polar surface area (TPSA) is 66.4 Å². The molecule has 0 saturated heterocycles. The van der Waals surface area contributed by atoms with Gasteiger partial charge in [-0.1, -0.05) is 0 Å². The van der Waals surface area contributed by atoms with Gasteiger partial charge in [0.25, 0.3) is 5.91 Å². The lowest BCUT2D eigenvalue weighted by molar-refractivity contribution is 0.0696. The van der Waals surface area contributed by atoms with Gasteiger partial charge in [-0.05, 0) is 56.2 Å². The van der Waals surface area contributed by atoms with Crippen LogP contribution >= 0.6 is 11.3 Å². The highest BCUT2D eigenvalue weighted by molar-refractivity contribution is 7.14. The van der Waals surface area contributed by atoms with Crippen LogP contribution in [0.5, 0.6) is 0 Å². The maximum absolute atomic E-state index is 12.1. The molecule has 0 atom stereocenters. The Hall–Kier alpha value is -2.14. The number of carbonyl (C=O) groups is 2. The molecule has 0 unspecified atom stereocenters. The Morgan fingerprint density at radius 3 is 2.30 bits per heavy atom. The molecule has 0 radical (unpaired) electrons. The summed E-state index contributed by atoms with van der Waals surface area (Å²) in [6.07, 6.45) is 0. The fourth-order valence-electron chi connectivity index (χ4n) is 1.81. The van der Waals surface area contributed by atoms with Crippen molar-refractivity contribution < 1.29 is 14.7 Å². The van der Waals surface area contributed by atoms with Crippen LogP contribution in [0.15, 0.2) is 24.3 Å². The summed E-state index contributed by atoms with van der Waals surface area (Å²) in [6, 6.07) is 6.50. The molecule has 20 heavy (non-hydrogen) atoms. The lowest BCUT2D eigenvalue weighted by atomic mass is 10.1. The largest absolute Gasteiger partial charge is 0.478 e. The predicted molar refractivity (Wildman–Crippen MR) is 79.9 cm³/mol. The van der Waals surface area contributed by atoms with Gasteiger partial charge in [-0.15, -0.1) is 11.3 Å². The summed E-state index contributed by atoms with van der Waals surface area (Å²) in [5, 5.41) is 11.7. The van der Waals surface area contributed by atoms with E-state index in [0.29, 0.717) is 10.6 Å². The zero-order valence-corrected chi connectivity index (χ0v) is 12.3. The molecule has 1 aromatic heterocycles. The fraction of sp³-hybridized carbons (Fsp3) is 0.200. The van der Waals surface area contributed by atoms with Gasteiger partial charge in [0.15, 0.2) is 0 Å². The molecule has 0 aliphatic carbocycles. The van der Waals surface area contributed by atoms with Gasteiger partial charge in [-0.2, -0.15) is 0 Å². The molecule has 0 spiro atoms. The molecule has 2 N–H and O–H groups in total. The summed E-state index contributed by atoms with van der Waals surface area (Å²) in [5.74, 6) is -1.15.